The molecule has 0 bridgehead atoms. The Hall–Kier alpha value is -2.45. The molecule has 156 valence electrons. The normalized spacial score (nSPS) is 15.3. The molecule has 0 spiro atoms. The van der Waals surface area contributed by atoms with Crippen molar-refractivity contribution in [3.05, 3.63) is 65.5 Å². The number of hydrogen-bond acceptors (Lipinski definition) is 4. The van der Waals surface area contributed by atoms with Crippen molar-refractivity contribution in [3.63, 3.8) is 0 Å². The van der Waals surface area contributed by atoms with E-state index in [1.54, 1.807) is 12.1 Å². The predicted molar refractivity (Wildman–Crippen MR) is 112 cm³/mol. The maximum atomic E-state index is 12.9. The molecule has 2 aromatic carbocycles. The van der Waals surface area contributed by atoms with Crippen LogP contribution in [0.2, 0.25) is 0 Å². The molecule has 0 radical (unpaired) electrons. The third-order valence-corrected chi connectivity index (χ3v) is 6.74. The van der Waals surface area contributed by atoms with Crippen molar-refractivity contribution >= 4 is 21.6 Å². The molecule has 1 aliphatic heterocycles. The van der Waals surface area contributed by atoms with E-state index in [2.05, 4.69) is 16.3 Å². The van der Waals surface area contributed by atoms with Crippen LogP contribution in [0.4, 0.5) is 10.1 Å². The zero-order valence-corrected chi connectivity index (χ0v) is 17.3. The summed E-state index contributed by atoms with van der Waals surface area (Å²) in [5.74, 6) is -1.39. The third kappa shape index (κ3) is 6.01. The van der Waals surface area contributed by atoms with Crippen LogP contribution in [0.25, 0.3) is 0 Å². The number of benzene rings is 2. The molecular formula is C21H26FN3O3S. The number of aryl methyl sites for hydroxylation is 1. The van der Waals surface area contributed by atoms with E-state index in [1.165, 1.54) is 16.4 Å². The number of carbonyl (C=O) groups is 1. The van der Waals surface area contributed by atoms with Crippen LogP contribution in [0.3, 0.4) is 0 Å². The first-order valence-electron chi connectivity index (χ1n) is 9.64. The van der Waals surface area contributed by atoms with Crippen LogP contribution in [-0.4, -0.2) is 57.1 Å². The van der Waals surface area contributed by atoms with E-state index in [1.807, 2.05) is 25.1 Å². The van der Waals surface area contributed by atoms with Crippen molar-refractivity contribution in [2.24, 2.45) is 0 Å². The molecule has 0 aliphatic carbocycles. The standard InChI is InChI=1S/C21H26FN3O3S/c1-17-3-2-4-20(15-17)24-11-13-25(14-12-24)29(27,28)16-21(26)23-10-9-18-5-7-19(22)8-6-18/h2-8,15H,9-14,16H2,1H3,(H,23,26). The molecule has 0 aromatic heterocycles. The Kier molecular flexibility index (Phi) is 6.87. The fourth-order valence-corrected chi connectivity index (χ4v) is 4.69. The molecular weight excluding hydrogens is 393 g/mol. The highest BCUT2D eigenvalue weighted by Crippen LogP contribution is 2.19. The summed E-state index contributed by atoms with van der Waals surface area (Å²) in [6.45, 7) is 4.24. The molecule has 8 heteroatoms. The monoisotopic (exact) mass is 419 g/mol. The van der Waals surface area contributed by atoms with Gasteiger partial charge in [-0.1, -0.05) is 24.3 Å². The van der Waals surface area contributed by atoms with Crippen molar-refractivity contribution in [2.45, 2.75) is 13.3 Å². The van der Waals surface area contributed by atoms with Gasteiger partial charge < -0.3 is 10.2 Å². The Labute approximate surface area is 171 Å². The van der Waals surface area contributed by atoms with E-state index < -0.39 is 21.7 Å². The highest BCUT2D eigenvalue weighted by Gasteiger charge is 2.29. The molecule has 1 aliphatic rings. The Morgan fingerprint density at radius 2 is 1.76 bits per heavy atom. The third-order valence-electron chi connectivity index (χ3n) is 4.96. The molecule has 1 fully saturated rings. The lowest BCUT2D eigenvalue weighted by atomic mass is 10.1. The van der Waals surface area contributed by atoms with E-state index in [9.17, 15) is 17.6 Å². The number of nitrogens with one attached hydrogen (secondary N) is 1. The molecule has 3 rings (SSSR count). The van der Waals surface area contributed by atoms with Crippen LogP contribution in [0.1, 0.15) is 11.1 Å². The Bertz CT molecular complexity index is 940. The van der Waals surface area contributed by atoms with Crippen LogP contribution < -0.4 is 10.2 Å². The number of rotatable bonds is 7. The summed E-state index contributed by atoms with van der Waals surface area (Å²) in [5.41, 5.74) is 3.12. The zero-order valence-electron chi connectivity index (χ0n) is 16.5. The molecule has 0 atom stereocenters. The van der Waals surface area contributed by atoms with Gasteiger partial charge in [0.05, 0.1) is 0 Å². The molecule has 1 amide bonds. The second kappa shape index (κ2) is 9.37. The average molecular weight is 420 g/mol. The Morgan fingerprint density at radius 3 is 2.41 bits per heavy atom. The van der Waals surface area contributed by atoms with Gasteiger partial charge in [0.2, 0.25) is 15.9 Å². The highest BCUT2D eigenvalue weighted by atomic mass is 32.2. The topological polar surface area (TPSA) is 69.7 Å². The number of halogens is 1. The van der Waals surface area contributed by atoms with E-state index in [0.717, 1.165) is 16.8 Å². The summed E-state index contributed by atoms with van der Waals surface area (Å²) in [5, 5.41) is 2.63. The van der Waals surface area contributed by atoms with Crippen LogP contribution in [0.15, 0.2) is 48.5 Å². The molecule has 0 unspecified atom stereocenters. The summed E-state index contributed by atoms with van der Waals surface area (Å²) in [7, 11) is -3.65. The van der Waals surface area contributed by atoms with Gasteiger partial charge in [0.25, 0.3) is 0 Å². The second-order valence-electron chi connectivity index (χ2n) is 7.21. The highest BCUT2D eigenvalue weighted by molar-refractivity contribution is 7.89. The number of nitrogens with zero attached hydrogens (tertiary/aromatic N) is 2. The Morgan fingerprint density at radius 1 is 1.07 bits per heavy atom. The largest absolute Gasteiger partial charge is 0.369 e. The minimum atomic E-state index is -3.65. The van der Waals surface area contributed by atoms with Crippen molar-refractivity contribution in [3.8, 4) is 0 Å². The fourth-order valence-electron chi connectivity index (χ4n) is 3.35. The molecule has 0 saturated carbocycles. The molecule has 1 heterocycles. The molecule has 1 N–H and O–H groups in total. The second-order valence-corrected chi connectivity index (χ2v) is 9.18. The molecule has 29 heavy (non-hydrogen) atoms. The summed E-state index contributed by atoms with van der Waals surface area (Å²) in [4.78, 5) is 14.2. The lowest BCUT2D eigenvalue weighted by Crippen LogP contribution is -2.50. The fraction of sp³-hybridized carbons (Fsp3) is 0.381. The summed E-state index contributed by atoms with van der Waals surface area (Å²) in [6.07, 6.45) is 0.515. The molecule has 6 nitrogen and oxygen atoms in total. The lowest BCUT2D eigenvalue weighted by Gasteiger charge is -2.35. The number of amides is 1. The van der Waals surface area contributed by atoms with Crippen molar-refractivity contribution in [2.75, 3.05) is 43.4 Å². The van der Waals surface area contributed by atoms with E-state index in [4.69, 9.17) is 0 Å². The minimum Gasteiger partial charge on any atom is -0.369 e. The van der Waals surface area contributed by atoms with Crippen molar-refractivity contribution in [1.29, 1.82) is 0 Å². The quantitative estimate of drug-likeness (QED) is 0.745. The smallest absolute Gasteiger partial charge is 0.236 e. The summed E-state index contributed by atoms with van der Waals surface area (Å²) < 4.78 is 39.4. The van der Waals surface area contributed by atoms with Gasteiger partial charge in [0.1, 0.15) is 11.6 Å². The number of anilines is 1. The first-order valence-corrected chi connectivity index (χ1v) is 11.2. The van der Waals surface area contributed by atoms with Gasteiger partial charge in [-0.15, -0.1) is 0 Å². The predicted octanol–water partition coefficient (Wildman–Crippen LogP) is 1.94. The first-order chi connectivity index (χ1) is 13.8. The van der Waals surface area contributed by atoms with Gasteiger partial charge in [0.15, 0.2) is 0 Å². The van der Waals surface area contributed by atoms with Gasteiger partial charge in [-0.25, -0.2) is 12.8 Å². The maximum absolute atomic E-state index is 12.9. The van der Waals surface area contributed by atoms with Crippen LogP contribution in [-0.2, 0) is 21.2 Å². The van der Waals surface area contributed by atoms with Crippen molar-refractivity contribution in [1.82, 2.24) is 9.62 Å². The average Bonchev–Trinajstić information content (AvgIpc) is 2.69. The zero-order chi connectivity index (χ0) is 20.9. The van der Waals surface area contributed by atoms with Crippen molar-refractivity contribution < 1.29 is 17.6 Å². The molecule has 1 saturated heterocycles. The van der Waals surface area contributed by atoms with Gasteiger partial charge >= 0.3 is 0 Å². The number of piperazine rings is 1. The van der Waals surface area contributed by atoms with Gasteiger partial charge in [-0.2, -0.15) is 4.31 Å². The summed E-state index contributed by atoms with van der Waals surface area (Å²) >= 11 is 0. The van der Waals surface area contributed by atoms with E-state index in [0.29, 0.717) is 39.1 Å². The summed E-state index contributed by atoms with van der Waals surface area (Å²) in [6, 6.07) is 14.1. The minimum absolute atomic E-state index is 0.307. The molecule has 2 aromatic rings. The number of carbonyl (C=O) groups excluding carboxylic acids is 1. The van der Waals surface area contributed by atoms with Gasteiger partial charge in [-0.3, -0.25) is 4.79 Å². The van der Waals surface area contributed by atoms with E-state index in [-0.39, 0.29) is 5.82 Å². The number of sulfonamides is 1. The number of hydrogen-bond donors (Lipinski definition) is 1. The van der Waals surface area contributed by atoms with Crippen LogP contribution in [0.5, 0.6) is 0 Å². The lowest BCUT2D eigenvalue weighted by molar-refractivity contribution is -0.118. The van der Waals surface area contributed by atoms with E-state index >= 15 is 0 Å². The Balaban J connectivity index is 1.45. The SMILES string of the molecule is Cc1cccc(N2CCN(S(=O)(=O)CC(=O)NCCc3ccc(F)cc3)CC2)c1. The maximum Gasteiger partial charge on any atom is 0.236 e. The first kappa shape index (κ1) is 21.3. The van der Waals surface area contributed by atoms with Gasteiger partial charge in [0, 0.05) is 38.4 Å². The van der Waals surface area contributed by atoms with Crippen LogP contribution >= 0.6 is 0 Å². The van der Waals surface area contributed by atoms with Crippen LogP contribution in [0, 0.1) is 12.7 Å². The van der Waals surface area contributed by atoms with Gasteiger partial charge in [-0.05, 0) is 48.7 Å².